The van der Waals surface area contributed by atoms with Crippen molar-refractivity contribution < 1.29 is 19.1 Å². The van der Waals surface area contributed by atoms with Crippen molar-refractivity contribution in [2.24, 2.45) is 10.7 Å². The largest absolute Gasteiger partial charge is 0.444 e. The summed E-state index contributed by atoms with van der Waals surface area (Å²) in [5.74, 6) is 0.311. The molecule has 0 bridgehead atoms. The Balaban J connectivity index is 1.24. The first-order valence-electron chi connectivity index (χ1n) is 15.4. The maximum atomic E-state index is 13.6. The van der Waals surface area contributed by atoms with Crippen molar-refractivity contribution in [2.45, 2.75) is 77.9 Å². The van der Waals surface area contributed by atoms with Crippen LogP contribution in [0.3, 0.4) is 0 Å². The van der Waals surface area contributed by atoms with Crippen LogP contribution in [0.25, 0.3) is 0 Å². The summed E-state index contributed by atoms with van der Waals surface area (Å²) in [5, 5.41) is 9.13. The van der Waals surface area contributed by atoms with Crippen molar-refractivity contribution in [2.75, 3.05) is 47.8 Å². The zero-order valence-corrected chi connectivity index (χ0v) is 26.5. The maximum absolute atomic E-state index is 13.6. The number of aromatic nitrogens is 1. The number of likely N-dealkylation sites (N-methyl/N-ethyl adjacent to an activating group) is 2. The lowest BCUT2D eigenvalue weighted by Gasteiger charge is -2.34. The molecule has 2 aromatic rings. The van der Waals surface area contributed by atoms with Gasteiger partial charge in [-0.3, -0.25) is 9.59 Å². The van der Waals surface area contributed by atoms with E-state index < -0.39 is 17.4 Å². The summed E-state index contributed by atoms with van der Waals surface area (Å²) >= 11 is 0. The lowest BCUT2D eigenvalue weighted by molar-refractivity contribution is -0.115. The molecule has 1 aromatic heterocycles. The first-order valence-corrected chi connectivity index (χ1v) is 15.4. The summed E-state index contributed by atoms with van der Waals surface area (Å²) in [6.07, 6.45) is 2.50. The van der Waals surface area contributed by atoms with E-state index >= 15 is 0 Å². The van der Waals surface area contributed by atoms with Crippen LogP contribution in [0.5, 0.6) is 0 Å². The van der Waals surface area contributed by atoms with Crippen LogP contribution in [0.1, 0.15) is 64.7 Å². The summed E-state index contributed by atoms with van der Waals surface area (Å²) in [4.78, 5) is 52.9. The molecule has 238 valence electrons. The minimum absolute atomic E-state index is 0.0313. The number of likely N-dealkylation sites (tertiary alicyclic amines) is 1. The van der Waals surface area contributed by atoms with Crippen molar-refractivity contribution in [3.63, 3.8) is 0 Å². The molecule has 3 amide bonds. The number of aliphatic imine (C=N–C) groups is 1. The van der Waals surface area contributed by atoms with Crippen LogP contribution in [0.15, 0.2) is 35.5 Å². The number of amides is 3. The second kappa shape index (κ2) is 12.0. The van der Waals surface area contributed by atoms with Crippen LogP contribution in [-0.2, 0) is 9.53 Å². The average Bonchev–Trinajstić information content (AvgIpc) is 3.53. The molecule has 6 N–H and O–H groups in total. The van der Waals surface area contributed by atoms with Gasteiger partial charge in [-0.1, -0.05) is 0 Å². The number of H-pyrrole nitrogens is 1. The number of hydrogen-bond donors (Lipinski definition) is 5. The van der Waals surface area contributed by atoms with Crippen LogP contribution in [-0.4, -0.2) is 89.7 Å². The number of ether oxygens (including phenoxy) is 1. The van der Waals surface area contributed by atoms with Gasteiger partial charge in [0.2, 0.25) is 0 Å². The molecule has 0 aliphatic carbocycles. The topological polar surface area (TPSA) is 160 Å². The number of benzene rings is 1. The Morgan fingerprint density at radius 1 is 1.09 bits per heavy atom. The lowest BCUT2D eigenvalue weighted by atomic mass is 10.0. The molecule has 3 aliphatic rings. The molecule has 2 unspecified atom stereocenters. The summed E-state index contributed by atoms with van der Waals surface area (Å²) in [6, 6.07) is 7.58. The molecule has 3 aliphatic heterocycles. The number of carbonyl (C=O) groups excluding carboxylic acids is 3. The predicted octanol–water partition coefficient (Wildman–Crippen LogP) is 3.13. The van der Waals surface area contributed by atoms with Gasteiger partial charge in [0, 0.05) is 44.0 Å². The Morgan fingerprint density at radius 3 is 2.43 bits per heavy atom. The molecule has 44 heavy (non-hydrogen) atoms. The fourth-order valence-corrected chi connectivity index (χ4v) is 6.15. The summed E-state index contributed by atoms with van der Waals surface area (Å²) in [6.45, 7) is 14.2. The van der Waals surface area contributed by atoms with Crippen molar-refractivity contribution in [1.82, 2.24) is 20.5 Å². The Bertz CT molecular complexity index is 1440. The first-order chi connectivity index (χ1) is 20.8. The predicted molar refractivity (Wildman–Crippen MR) is 172 cm³/mol. The minimum atomic E-state index is -1.13. The summed E-state index contributed by atoms with van der Waals surface area (Å²) in [5.41, 5.74) is 8.16. The molecule has 0 spiro atoms. The van der Waals surface area contributed by atoms with Crippen molar-refractivity contribution in [3.05, 3.63) is 36.0 Å². The molecule has 13 heteroatoms. The van der Waals surface area contributed by atoms with E-state index in [2.05, 4.69) is 49.6 Å². The zero-order valence-electron chi connectivity index (χ0n) is 26.5. The van der Waals surface area contributed by atoms with Gasteiger partial charge < -0.3 is 46.1 Å². The SMILES string of the molecule is CCN1c2ccc(C(=O)N3CCC(NC(=O)OC(C)(C)C)CC3)cc2N(CC)C1CNC(=O)C1=Nc2cc[nH]c2NC1(C)N. The second-order valence-corrected chi connectivity index (χ2v) is 12.7. The highest BCUT2D eigenvalue weighted by Crippen LogP contribution is 2.40. The molecule has 0 saturated carbocycles. The first kappa shape index (κ1) is 31.2. The van der Waals surface area contributed by atoms with Crippen LogP contribution in [0.2, 0.25) is 0 Å². The highest BCUT2D eigenvalue weighted by Gasteiger charge is 2.39. The third kappa shape index (κ3) is 6.33. The minimum Gasteiger partial charge on any atom is -0.444 e. The van der Waals surface area contributed by atoms with Gasteiger partial charge in [0.1, 0.15) is 34.6 Å². The molecule has 4 heterocycles. The Hall–Kier alpha value is -4.26. The van der Waals surface area contributed by atoms with Gasteiger partial charge in [0.15, 0.2) is 0 Å². The average molecular weight is 608 g/mol. The molecule has 1 fully saturated rings. The number of fused-ring (bicyclic) bond motifs is 2. The highest BCUT2D eigenvalue weighted by atomic mass is 16.6. The molecule has 2 atom stereocenters. The van der Waals surface area contributed by atoms with Gasteiger partial charge in [-0.15, -0.1) is 0 Å². The smallest absolute Gasteiger partial charge is 0.407 e. The van der Waals surface area contributed by atoms with Gasteiger partial charge in [-0.25, -0.2) is 9.79 Å². The number of nitrogens with two attached hydrogens (primary N) is 1. The Morgan fingerprint density at radius 2 is 1.77 bits per heavy atom. The number of aromatic amines is 1. The molecule has 13 nitrogen and oxygen atoms in total. The fraction of sp³-hybridized carbons (Fsp3) is 0.548. The van der Waals surface area contributed by atoms with E-state index in [0.717, 1.165) is 17.9 Å². The van der Waals surface area contributed by atoms with Gasteiger partial charge in [0.05, 0.1) is 17.9 Å². The second-order valence-electron chi connectivity index (χ2n) is 12.7. The third-order valence-corrected chi connectivity index (χ3v) is 8.24. The lowest BCUT2D eigenvalue weighted by Crippen LogP contribution is -2.60. The van der Waals surface area contributed by atoms with Crippen molar-refractivity contribution >= 4 is 46.5 Å². The maximum Gasteiger partial charge on any atom is 0.407 e. The van der Waals surface area contributed by atoms with Gasteiger partial charge in [-0.05, 0) is 78.6 Å². The van der Waals surface area contributed by atoms with E-state index in [-0.39, 0.29) is 29.7 Å². The molecular weight excluding hydrogens is 562 g/mol. The number of nitrogens with zero attached hydrogens (tertiary/aromatic N) is 4. The van der Waals surface area contributed by atoms with E-state index in [1.165, 1.54) is 0 Å². The number of hydrogen-bond acceptors (Lipinski definition) is 9. The van der Waals surface area contributed by atoms with Crippen molar-refractivity contribution in [1.29, 1.82) is 0 Å². The monoisotopic (exact) mass is 607 g/mol. The number of nitrogens with one attached hydrogen (secondary N) is 4. The van der Waals surface area contributed by atoms with E-state index in [0.29, 0.717) is 56.1 Å². The molecular formula is C31H45N9O4. The van der Waals surface area contributed by atoms with E-state index in [4.69, 9.17) is 10.5 Å². The highest BCUT2D eigenvalue weighted by molar-refractivity contribution is 6.43. The quantitative estimate of drug-likeness (QED) is 0.321. The fourth-order valence-electron chi connectivity index (χ4n) is 6.15. The van der Waals surface area contributed by atoms with Crippen LogP contribution >= 0.6 is 0 Å². The van der Waals surface area contributed by atoms with Crippen molar-refractivity contribution in [3.8, 4) is 0 Å². The van der Waals surface area contributed by atoms with Crippen LogP contribution in [0.4, 0.5) is 27.7 Å². The number of alkyl carbamates (subject to hydrolysis) is 1. The normalized spacial score (nSPS) is 21.7. The number of piperidine rings is 1. The third-order valence-electron chi connectivity index (χ3n) is 8.24. The molecule has 5 rings (SSSR count). The molecule has 1 aromatic carbocycles. The van der Waals surface area contributed by atoms with Gasteiger partial charge >= 0.3 is 6.09 Å². The molecule has 0 radical (unpaired) electrons. The molecule has 1 saturated heterocycles. The summed E-state index contributed by atoms with van der Waals surface area (Å²) < 4.78 is 5.38. The van der Waals surface area contributed by atoms with Crippen LogP contribution < -0.4 is 31.5 Å². The van der Waals surface area contributed by atoms with Gasteiger partial charge in [0.25, 0.3) is 11.8 Å². The Labute approximate surface area is 258 Å². The number of carbonyl (C=O) groups is 3. The van der Waals surface area contributed by atoms with Crippen LogP contribution in [0, 0.1) is 0 Å². The standard InChI is InChI=1S/C31H45N9O4/c1-7-39-22-10-9-19(28(42)38-15-12-20(13-16-38)35-29(43)44-30(3,4)5)17-23(22)40(8-2)24(39)18-34-27(41)25-31(6,32)37-26-21(36-25)11-14-33-26/h9-11,14,17,20,24,33,37H,7-8,12-13,15-16,18,32H2,1-6H3,(H,34,41)(H,35,43). The van der Waals surface area contributed by atoms with Gasteiger partial charge in [-0.2, -0.15) is 0 Å². The zero-order chi connectivity index (χ0) is 31.8. The summed E-state index contributed by atoms with van der Waals surface area (Å²) in [7, 11) is 0. The van der Waals surface area contributed by atoms with E-state index in [9.17, 15) is 14.4 Å². The Kier molecular flexibility index (Phi) is 8.52. The van der Waals surface area contributed by atoms with E-state index in [1.54, 1.807) is 19.2 Å². The number of rotatable bonds is 7. The number of anilines is 3. The van der Waals surface area contributed by atoms with E-state index in [1.807, 2.05) is 43.9 Å².